The van der Waals surface area contributed by atoms with E-state index in [2.05, 4.69) is 35.9 Å². The van der Waals surface area contributed by atoms with Crippen molar-refractivity contribution in [2.24, 2.45) is 11.8 Å². The van der Waals surface area contributed by atoms with Crippen LogP contribution in [0.15, 0.2) is 29.7 Å². The molecule has 0 aliphatic heterocycles. The average molecular weight is 322 g/mol. The summed E-state index contributed by atoms with van der Waals surface area (Å²) >= 11 is 1.69. The van der Waals surface area contributed by atoms with Gasteiger partial charge in [-0.25, -0.2) is 4.79 Å². The third-order valence-electron chi connectivity index (χ3n) is 4.38. The Morgan fingerprint density at radius 3 is 2.73 bits per heavy atom. The van der Waals surface area contributed by atoms with Gasteiger partial charge in [0, 0.05) is 23.4 Å². The van der Waals surface area contributed by atoms with Gasteiger partial charge in [-0.3, -0.25) is 0 Å². The Kier molecular flexibility index (Phi) is 6.46. The van der Waals surface area contributed by atoms with Crippen molar-refractivity contribution < 1.29 is 9.90 Å². The Labute approximate surface area is 136 Å². The molecule has 0 aromatic carbocycles. The van der Waals surface area contributed by atoms with E-state index in [1.54, 1.807) is 11.3 Å². The van der Waals surface area contributed by atoms with Crippen molar-refractivity contribution in [3.63, 3.8) is 0 Å². The molecule has 2 amide bonds. The lowest BCUT2D eigenvalue weighted by Crippen LogP contribution is -2.44. The van der Waals surface area contributed by atoms with Crippen LogP contribution in [0.2, 0.25) is 0 Å². The van der Waals surface area contributed by atoms with Gasteiger partial charge in [-0.05, 0) is 23.8 Å². The highest BCUT2D eigenvalue weighted by Gasteiger charge is 2.25. The maximum atomic E-state index is 12.3. The van der Waals surface area contributed by atoms with E-state index in [-0.39, 0.29) is 30.6 Å². The predicted octanol–water partition coefficient (Wildman–Crippen LogP) is 3.46. The number of hydrogen-bond donors (Lipinski definition) is 3. The fourth-order valence-corrected chi connectivity index (χ4v) is 3.89. The molecule has 0 spiro atoms. The Bertz CT molecular complexity index is 483. The number of hydrogen-bond acceptors (Lipinski definition) is 3. The normalized spacial score (nSPS) is 22.0. The van der Waals surface area contributed by atoms with Gasteiger partial charge in [0.1, 0.15) is 0 Å². The summed E-state index contributed by atoms with van der Waals surface area (Å²) in [5, 5.41) is 17.3. The number of rotatable bonds is 7. The van der Waals surface area contributed by atoms with E-state index in [1.807, 2.05) is 18.2 Å². The van der Waals surface area contributed by atoms with E-state index in [1.165, 1.54) is 4.88 Å². The molecule has 4 nitrogen and oxygen atoms in total. The van der Waals surface area contributed by atoms with Crippen molar-refractivity contribution in [2.45, 2.75) is 45.2 Å². The SMILES string of the molecule is CCC(CC)C(NC(=O)N[C@@H]1C=C[C@H](CO)C1)c1cccs1. The molecule has 0 bridgehead atoms. The molecule has 122 valence electrons. The van der Waals surface area contributed by atoms with Gasteiger partial charge in [0.2, 0.25) is 0 Å². The summed E-state index contributed by atoms with van der Waals surface area (Å²) < 4.78 is 0. The van der Waals surface area contributed by atoms with Crippen LogP contribution in [0, 0.1) is 11.8 Å². The molecule has 5 heteroatoms. The van der Waals surface area contributed by atoms with Crippen LogP contribution in [0.3, 0.4) is 0 Å². The molecule has 3 N–H and O–H groups in total. The minimum Gasteiger partial charge on any atom is -0.396 e. The molecule has 0 saturated carbocycles. The van der Waals surface area contributed by atoms with Gasteiger partial charge in [-0.1, -0.05) is 44.9 Å². The van der Waals surface area contributed by atoms with Crippen LogP contribution in [-0.4, -0.2) is 23.8 Å². The van der Waals surface area contributed by atoms with Crippen molar-refractivity contribution in [2.75, 3.05) is 6.61 Å². The Morgan fingerprint density at radius 1 is 1.41 bits per heavy atom. The largest absolute Gasteiger partial charge is 0.396 e. The first-order chi connectivity index (χ1) is 10.7. The zero-order valence-corrected chi connectivity index (χ0v) is 14.1. The second kappa shape index (κ2) is 8.34. The van der Waals surface area contributed by atoms with Gasteiger partial charge in [0.25, 0.3) is 0 Å². The minimum absolute atomic E-state index is 0.0165. The molecule has 3 atom stereocenters. The number of aliphatic hydroxyl groups excluding tert-OH is 1. The zero-order valence-electron chi connectivity index (χ0n) is 13.3. The topological polar surface area (TPSA) is 61.4 Å². The highest BCUT2D eigenvalue weighted by atomic mass is 32.1. The van der Waals surface area contributed by atoms with E-state index < -0.39 is 0 Å². The molecule has 0 saturated heterocycles. The summed E-state index contributed by atoms with van der Waals surface area (Å²) in [6, 6.07) is 4.07. The second-order valence-electron chi connectivity index (χ2n) is 5.86. The number of carbonyl (C=O) groups is 1. The van der Waals surface area contributed by atoms with Gasteiger partial charge < -0.3 is 15.7 Å². The molecule has 1 aromatic heterocycles. The standard InChI is InChI=1S/C17H26N2O2S/c1-3-13(4-2)16(15-6-5-9-22-15)19-17(21)18-14-8-7-12(10-14)11-20/h5-9,12-14,16,20H,3-4,10-11H2,1-2H3,(H2,18,19,21)/t12-,14+,16?/m0/s1. The number of aliphatic hydroxyl groups is 1. The molecular weight excluding hydrogens is 296 g/mol. The first-order valence-electron chi connectivity index (χ1n) is 8.07. The summed E-state index contributed by atoms with van der Waals surface area (Å²) in [6.45, 7) is 4.47. The molecule has 1 heterocycles. The van der Waals surface area contributed by atoms with Crippen molar-refractivity contribution in [3.8, 4) is 0 Å². The maximum Gasteiger partial charge on any atom is 0.315 e. The van der Waals surface area contributed by atoms with Crippen LogP contribution in [-0.2, 0) is 0 Å². The first kappa shape index (κ1) is 17.0. The number of amides is 2. The summed E-state index contributed by atoms with van der Waals surface area (Å²) in [4.78, 5) is 13.5. The van der Waals surface area contributed by atoms with Gasteiger partial charge in [-0.15, -0.1) is 11.3 Å². The van der Waals surface area contributed by atoms with Crippen LogP contribution in [0.1, 0.15) is 44.0 Å². The Hall–Kier alpha value is -1.33. The molecule has 22 heavy (non-hydrogen) atoms. The van der Waals surface area contributed by atoms with E-state index in [4.69, 9.17) is 5.11 Å². The van der Waals surface area contributed by atoms with Crippen LogP contribution in [0.4, 0.5) is 4.79 Å². The van der Waals surface area contributed by atoms with E-state index in [9.17, 15) is 4.79 Å². The van der Waals surface area contributed by atoms with Gasteiger partial charge in [-0.2, -0.15) is 0 Å². The maximum absolute atomic E-state index is 12.3. The molecule has 1 aliphatic rings. The zero-order chi connectivity index (χ0) is 15.9. The predicted molar refractivity (Wildman–Crippen MR) is 90.9 cm³/mol. The highest BCUT2D eigenvalue weighted by Crippen LogP contribution is 2.30. The lowest BCUT2D eigenvalue weighted by molar-refractivity contribution is 0.223. The molecular formula is C17H26N2O2S. The number of carbonyl (C=O) groups excluding carboxylic acids is 1. The third kappa shape index (κ3) is 4.34. The van der Waals surface area contributed by atoms with Crippen molar-refractivity contribution in [1.29, 1.82) is 0 Å². The average Bonchev–Trinajstić information content (AvgIpc) is 3.18. The molecule has 0 radical (unpaired) electrons. The molecule has 2 rings (SSSR count). The molecule has 1 aromatic rings. The summed E-state index contributed by atoms with van der Waals surface area (Å²) in [5.41, 5.74) is 0. The Balaban J connectivity index is 1.95. The lowest BCUT2D eigenvalue weighted by atomic mass is 9.93. The van der Waals surface area contributed by atoms with Gasteiger partial charge in [0.05, 0.1) is 6.04 Å². The fourth-order valence-electron chi connectivity index (χ4n) is 3.02. The van der Waals surface area contributed by atoms with Crippen LogP contribution in [0.25, 0.3) is 0 Å². The summed E-state index contributed by atoms with van der Waals surface area (Å²) in [6.07, 6.45) is 6.80. The van der Waals surface area contributed by atoms with Crippen LogP contribution in [0.5, 0.6) is 0 Å². The third-order valence-corrected chi connectivity index (χ3v) is 5.34. The monoisotopic (exact) mass is 322 g/mol. The smallest absolute Gasteiger partial charge is 0.315 e. The first-order valence-corrected chi connectivity index (χ1v) is 8.95. The van der Waals surface area contributed by atoms with Gasteiger partial charge in [0.15, 0.2) is 0 Å². The van der Waals surface area contributed by atoms with E-state index in [0.29, 0.717) is 5.92 Å². The summed E-state index contributed by atoms with van der Waals surface area (Å²) in [5.74, 6) is 0.603. The highest BCUT2D eigenvalue weighted by molar-refractivity contribution is 7.10. The summed E-state index contributed by atoms with van der Waals surface area (Å²) in [7, 11) is 0. The number of urea groups is 1. The quantitative estimate of drug-likeness (QED) is 0.673. The minimum atomic E-state index is -0.126. The number of thiophene rings is 1. The molecule has 1 aliphatic carbocycles. The van der Waals surface area contributed by atoms with Crippen LogP contribution >= 0.6 is 11.3 Å². The van der Waals surface area contributed by atoms with Crippen molar-refractivity contribution in [3.05, 3.63) is 34.5 Å². The lowest BCUT2D eigenvalue weighted by Gasteiger charge is -2.26. The number of nitrogens with one attached hydrogen (secondary N) is 2. The van der Waals surface area contributed by atoms with E-state index in [0.717, 1.165) is 19.3 Å². The Morgan fingerprint density at radius 2 is 2.18 bits per heavy atom. The van der Waals surface area contributed by atoms with Crippen LogP contribution < -0.4 is 10.6 Å². The van der Waals surface area contributed by atoms with Gasteiger partial charge >= 0.3 is 6.03 Å². The van der Waals surface area contributed by atoms with E-state index >= 15 is 0 Å². The molecule has 1 unspecified atom stereocenters. The second-order valence-corrected chi connectivity index (χ2v) is 6.84. The van der Waals surface area contributed by atoms with Crippen molar-refractivity contribution >= 4 is 17.4 Å². The molecule has 0 fully saturated rings. The van der Waals surface area contributed by atoms with Crippen molar-refractivity contribution in [1.82, 2.24) is 10.6 Å². The fraction of sp³-hybridized carbons (Fsp3) is 0.588.